The summed E-state index contributed by atoms with van der Waals surface area (Å²) in [6.07, 6.45) is 6.83. The van der Waals surface area contributed by atoms with E-state index in [1.807, 2.05) is 37.3 Å². The average Bonchev–Trinajstić information content (AvgIpc) is 3.26. The van der Waals surface area contributed by atoms with Crippen molar-refractivity contribution in [3.63, 3.8) is 0 Å². The summed E-state index contributed by atoms with van der Waals surface area (Å²) in [4.78, 5) is 40.7. The molecule has 154 valence electrons. The first-order valence-electron chi connectivity index (χ1n) is 9.71. The molecule has 1 unspecified atom stereocenters. The highest BCUT2D eigenvalue weighted by Gasteiger charge is 2.26. The van der Waals surface area contributed by atoms with E-state index in [0.29, 0.717) is 18.7 Å². The van der Waals surface area contributed by atoms with Gasteiger partial charge in [-0.1, -0.05) is 50.1 Å². The van der Waals surface area contributed by atoms with Crippen LogP contribution < -0.4 is 11.1 Å². The number of benzene rings is 1. The molecule has 8 nitrogen and oxygen atoms in total. The summed E-state index contributed by atoms with van der Waals surface area (Å²) in [5, 5.41) is 6.96. The summed E-state index contributed by atoms with van der Waals surface area (Å²) in [5.41, 5.74) is 7.23. The van der Waals surface area contributed by atoms with Gasteiger partial charge in [0.2, 0.25) is 5.78 Å². The van der Waals surface area contributed by atoms with Crippen LogP contribution in [0.25, 0.3) is 16.9 Å². The molecular weight excluding hydrogens is 382 g/mol. The maximum absolute atomic E-state index is 12.9. The molecule has 3 aromatic rings. The van der Waals surface area contributed by atoms with Crippen molar-refractivity contribution in [2.45, 2.75) is 32.2 Å². The Kier molecular flexibility index (Phi) is 6.69. The molecule has 0 aliphatic rings. The molecule has 2 amide bonds. The van der Waals surface area contributed by atoms with Crippen molar-refractivity contribution in [3.05, 3.63) is 66.6 Å². The van der Waals surface area contributed by atoms with Crippen LogP contribution in [0.3, 0.4) is 0 Å². The molecule has 2 heterocycles. The first kappa shape index (κ1) is 20.9. The van der Waals surface area contributed by atoms with Crippen molar-refractivity contribution in [2.75, 3.05) is 0 Å². The molecular formula is C22H23N5O3. The molecule has 0 bridgehead atoms. The second kappa shape index (κ2) is 9.60. The minimum Gasteiger partial charge on any atom is -0.363 e. The monoisotopic (exact) mass is 405 g/mol. The quantitative estimate of drug-likeness (QED) is 0.529. The molecule has 2 aromatic heterocycles. The molecule has 3 N–H and O–H groups in total. The lowest BCUT2D eigenvalue weighted by molar-refractivity contribution is -0.137. The summed E-state index contributed by atoms with van der Waals surface area (Å²) in [7, 11) is 0. The van der Waals surface area contributed by atoms with Gasteiger partial charge >= 0.3 is 0 Å². The summed E-state index contributed by atoms with van der Waals surface area (Å²) in [6.45, 7) is 1.95. The molecule has 0 saturated heterocycles. The number of ketones is 1. The Hall–Kier alpha value is -3.81. The van der Waals surface area contributed by atoms with E-state index < -0.39 is 23.6 Å². The van der Waals surface area contributed by atoms with Gasteiger partial charge in [0.05, 0.1) is 17.8 Å². The zero-order chi connectivity index (χ0) is 21.5. The molecule has 0 saturated carbocycles. The van der Waals surface area contributed by atoms with E-state index in [0.717, 1.165) is 17.5 Å². The number of Topliss-reactive ketones (excluding diaryl/α,β-unsaturated/α-hetero) is 1. The van der Waals surface area contributed by atoms with Gasteiger partial charge in [-0.05, 0) is 24.1 Å². The SMILES string of the molecule is CCCCC(NC(=O)c1cccnc1-n1cc(-c2ccccc2)cn1)C(=O)C(N)=O. The van der Waals surface area contributed by atoms with Crippen LogP contribution in [0.4, 0.5) is 0 Å². The first-order chi connectivity index (χ1) is 14.5. The van der Waals surface area contributed by atoms with Crippen molar-refractivity contribution in [3.8, 4) is 16.9 Å². The fraction of sp³-hybridized carbons (Fsp3) is 0.227. The number of pyridine rings is 1. The molecule has 0 aliphatic heterocycles. The Morgan fingerprint density at radius 3 is 2.57 bits per heavy atom. The van der Waals surface area contributed by atoms with Crippen molar-refractivity contribution < 1.29 is 14.4 Å². The lowest BCUT2D eigenvalue weighted by Crippen LogP contribution is -2.46. The van der Waals surface area contributed by atoms with E-state index in [1.54, 1.807) is 30.7 Å². The number of nitrogens with zero attached hydrogens (tertiary/aromatic N) is 3. The number of hydrogen-bond acceptors (Lipinski definition) is 5. The highest BCUT2D eigenvalue weighted by atomic mass is 16.2. The maximum atomic E-state index is 12.9. The van der Waals surface area contributed by atoms with Crippen LogP contribution in [0.5, 0.6) is 0 Å². The Labute approximate surface area is 174 Å². The van der Waals surface area contributed by atoms with Gasteiger partial charge in [-0.2, -0.15) is 5.10 Å². The van der Waals surface area contributed by atoms with E-state index in [-0.39, 0.29) is 5.56 Å². The zero-order valence-corrected chi connectivity index (χ0v) is 16.6. The van der Waals surface area contributed by atoms with Crippen molar-refractivity contribution in [1.82, 2.24) is 20.1 Å². The van der Waals surface area contributed by atoms with Crippen LogP contribution in [0.1, 0.15) is 36.5 Å². The van der Waals surface area contributed by atoms with Gasteiger partial charge in [0.25, 0.3) is 11.8 Å². The summed E-state index contributed by atoms with van der Waals surface area (Å²) in [5.74, 6) is -2.08. The average molecular weight is 405 g/mol. The molecule has 0 spiro atoms. The summed E-state index contributed by atoms with van der Waals surface area (Å²) >= 11 is 0. The van der Waals surface area contributed by atoms with Gasteiger partial charge in [-0.25, -0.2) is 9.67 Å². The minimum absolute atomic E-state index is 0.235. The third kappa shape index (κ3) is 4.78. The number of carbonyl (C=O) groups excluding carboxylic acids is 3. The Bertz CT molecular complexity index is 1050. The van der Waals surface area contributed by atoms with Gasteiger partial charge in [-0.15, -0.1) is 0 Å². The number of carbonyl (C=O) groups is 3. The number of rotatable bonds is 9. The fourth-order valence-electron chi connectivity index (χ4n) is 3.06. The second-order valence-electron chi connectivity index (χ2n) is 6.81. The van der Waals surface area contributed by atoms with E-state index in [1.165, 1.54) is 4.68 Å². The van der Waals surface area contributed by atoms with E-state index in [2.05, 4.69) is 15.4 Å². The normalized spacial score (nSPS) is 11.6. The largest absolute Gasteiger partial charge is 0.363 e. The molecule has 1 aromatic carbocycles. The molecule has 0 radical (unpaired) electrons. The molecule has 3 rings (SSSR count). The summed E-state index contributed by atoms with van der Waals surface area (Å²) < 4.78 is 1.51. The van der Waals surface area contributed by atoms with Crippen molar-refractivity contribution >= 4 is 17.6 Å². The van der Waals surface area contributed by atoms with Crippen LogP contribution >= 0.6 is 0 Å². The standard InChI is InChI=1S/C22H23N5O3/c1-2-3-11-18(19(28)20(23)29)26-22(30)17-10-7-12-24-21(17)27-14-16(13-25-27)15-8-5-4-6-9-15/h4-10,12-14,18H,2-3,11H2,1H3,(H2,23,29)(H,26,30). The zero-order valence-electron chi connectivity index (χ0n) is 16.6. The predicted octanol–water partition coefficient (Wildman–Crippen LogP) is 2.28. The number of aromatic nitrogens is 3. The van der Waals surface area contributed by atoms with Crippen LogP contribution in [0.2, 0.25) is 0 Å². The number of amides is 2. The van der Waals surface area contributed by atoms with Crippen LogP contribution in [-0.4, -0.2) is 38.4 Å². The topological polar surface area (TPSA) is 120 Å². The Morgan fingerprint density at radius 1 is 1.10 bits per heavy atom. The first-order valence-corrected chi connectivity index (χ1v) is 9.71. The van der Waals surface area contributed by atoms with E-state index >= 15 is 0 Å². The van der Waals surface area contributed by atoms with E-state index in [4.69, 9.17) is 5.73 Å². The van der Waals surface area contributed by atoms with Gasteiger partial charge < -0.3 is 11.1 Å². The predicted molar refractivity (Wildman–Crippen MR) is 112 cm³/mol. The van der Waals surface area contributed by atoms with Gasteiger partial charge in [0.1, 0.15) is 0 Å². The smallest absolute Gasteiger partial charge is 0.287 e. The molecule has 0 aliphatic carbocycles. The van der Waals surface area contributed by atoms with Crippen LogP contribution in [0.15, 0.2) is 61.1 Å². The van der Waals surface area contributed by atoms with Gasteiger partial charge in [0.15, 0.2) is 5.82 Å². The molecule has 0 fully saturated rings. The molecule has 1 atom stereocenters. The van der Waals surface area contributed by atoms with Crippen molar-refractivity contribution in [2.24, 2.45) is 5.73 Å². The number of unbranched alkanes of at least 4 members (excludes halogenated alkanes) is 1. The Balaban J connectivity index is 1.87. The summed E-state index contributed by atoms with van der Waals surface area (Å²) in [6, 6.07) is 11.9. The molecule has 30 heavy (non-hydrogen) atoms. The van der Waals surface area contributed by atoms with Gasteiger partial charge in [0, 0.05) is 18.0 Å². The van der Waals surface area contributed by atoms with Crippen LogP contribution in [-0.2, 0) is 9.59 Å². The van der Waals surface area contributed by atoms with E-state index in [9.17, 15) is 14.4 Å². The fourth-order valence-corrected chi connectivity index (χ4v) is 3.06. The third-order valence-electron chi connectivity index (χ3n) is 4.65. The maximum Gasteiger partial charge on any atom is 0.287 e. The van der Waals surface area contributed by atoms with Gasteiger partial charge in [-0.3, -0.25) is 14.4 Å². The second-order valence-corrected chi connectivity index (χ2v) is 6.81. The van der Waals surface area contributed by atoms with Crippen LogP contribution in [0, 0.1) is 0 Å². The number of nitrogens with two attached hydrogens (primary N) is 1. The highest BCUT2D eigenvalue weighted by Crippen LogP contribution is 2.20. The number of nitrogens with one attached hydrogen (secondary N) is 1. The lowest BCUT2D eigenvalue weighted by atomic mass is 10.0. The Morgan fingerprint density at radius 2 is 1.87 bits per heavy atom. The third-order valence-corrected chi connectivity index (χ3v) is 4.65. The molecule has 8 heteroatoms. The highest BCUT2D eigenvalue weighted by molar-refractivity contribution is 6.38. The van der Waals surface area contributed by atoms with Crippen molar-refractivity contribution in [1.29, 1.82) is 0 Å². The number of primary amides is 1. The number of hydrogen-bond donors (Lipinski definition) is 2. The minimum atomic E-state index is -1.07. The lowest BCUT2D eigenvalue weighted by Gasteiger charge is -2.17.